The largest absolute Gasteiger partial charge is 0.468 e. The molecule has 1 aromatic carbocycles. The zero-order valence-electron chi connectivity index (χ0n) is 15.2. The van der Waals surface area contributed by atoms with Gasteiger partial charge in [-0.15, -0.1) is 0 Å². The SMILES string of the molecule is CCCOC(=O)C(C)c1ccc(CC2(C(=O)OC)CCCC2=O)cc1. The second-order valence-corrected chi connectivity index (χ2v) is 6.66. The van der Waals surface area contributed by atoms with Crippen LogP contribution in [0.3, 0.4) is 0 Å². The van der Waals surface area contributed by atoms with Crippen molar-refractivity contribution in [1.29, 1.82) is 0 Å². The Morgan fingerprint density at radius 3 is 2.44 bits per heavy atom. The number of carbonyl (C=O) groups excluding carboxylic acids is 3. The van der Waals surface area contributed by atoms with Crippen LogP contribution >= 0.6 is 0 Å². The van der Waals surface area contributed by atoms with Crippen molar-refractivity contribution in [1.82, 2.24) is 0 Å². The minimum atomic E-state index is -1.05. The number of hydrogen-bond acceptors (Lipinski definition) is 5. The fourth-order valence-corrected chi connectivity index (χ4v) is 3.34. The van der Waals surface area contributed by atoms with Crippen molar-refractivity contribution in [3.05, 3.63) is 35.4 Å². The Hall–Kier alpha value is -2.17. The minimum absolute atomic E-state index is 0.0417. The number of methoxy groups -OCH3 is 1. The summed E-state index contributed by atoms with van der Waals surface area (Å²) < 4.78 is 10.1. The molecule has 1 aromatic rings. The third kappa shape index (κ3) is 4.09. The molecule has 0 saturated heterocycles. The first kappa shape index (κ1) is 19.2. The van der Waals surface area contributed by atoms with Crippen LogP contribution in [0.4, 0.5) is 0 Å². The molecule has 136 valence electrons. The predicted molar refractivity (Wildman–Crippen MR) is 93.1 cm³/mol. The maximum Gasteiger partial charge on any atom is 0.319 e. The van der Waals surface area contributed by atoms with Crippen LogP contribution in [0.2, 0.25) is 0 Å². The van der Waals surface area contributed by atoms with Crippen LogP contribution in [0.25, 0.3) is 0 Å². The highest BCUT2D eigenvalue weighted by molar-refractivity contribution is 6.05. The van der Waals surface area contributed by atoms with E-state index in [9.17, 15) is 14.4 Å². The summed E-state index contributed by atoms with van der Waals surface area (Å²) in [7, 11) is 1.32. The molecule has 5 heteroatoms. The van der Waals surface area contributed by atoms with Gasteiger partial charge in [-0.1, -0.05) is 31.2 Å². The molecule has 25 heavy (non-hydrogen) atoms. The summed E-state index contributed by atoms with van der Waals surface area (Å²) >= 11 is 0. The molecule has 0 bridgehead atoms. The van der Waals surface area contributed by atoms with Crippen molar-refractivity contribution in [3.63, 3.8) is 0 Å². The highest BCUT2D eigenvalue weighted by Gasteiger charge is 2.49. The fraction of sp³-hybridized carbons (Fsp3) is 0.550. The highest BCUT2D eigenvalue weighted by atomic mass is 16.5. The van der Waals surface area contributed by atoms with Gasteiger partial charge in [0.2, 0.25) is 0 Å². The molecule has 0 radical (unpaired) electrons. The third-order valence-electron chi connectivity index (χ3n) is 4.90. The Kier molecular flexibility index (Phi) is 6.34. The monoisotopic (exact) mass is 346 g/mol. The Labute approximate surface area is 148 Å². The average Bonchev–Trinajstić information content (AvgIpc) is 3.00. The third-order valence-corrected chi connectivity index (χ3v) is 4.90. The quantitative estimate of drug-likeness (QED) is 0.560. The zero-order valence-corrected chi connectivity index (χ0v) is 15.2. The predicted octanol–water partition coefficient (Wildman–Crippen LogP) is 3.20. The topological polar surface area (TPSA) is 69.7 Å². The summed E-state index contributed by atoms with van der Waals surface area (Å²) in [6, 6.07) is 7.46. The van der Waals surface area contributed by atoms with Crippen LogP contribution in [0.1, 0.15) is 56.6 Å². The number of ether oxygens (including phenoxy) is 2. The van der Waals surface area contributed by atoms with E-state index in [2.05, 4.69) is 0 Å². The molecule has 2 unspecified atom stereocenters. The van der Waals surface area contributed by atoms with Crippen LogP contribution in [0, 0.1) is 5.41 Å². The van der Waals surface area contributed by atoms with Gasteiger partial charge in [0.25, 0.3) is 0 Å². The Bertz CT molecular complexity index is 634. The van der Waals surface area contributed by atoms with Gasteiger partial charge in [-0.25, -0.2) is 0 Å². The first-order chi connectivity index (χ1) is 11.9. The van der Waals surface area contributed by atoms with Crippen molar-refractivity contribution in [2.24, 2.45) is 5.41 Å². The molecule has 0 spiro atoms. The van der Waals surface area contributed by atoms with E-state index >= 15 is 0 Å². The van der Waals surface area contributed by atoms with E-state index in [4.69, 9.17) is 9.47 Å². The Morgan fingerprint density at radius 1 is 1.24 bits per heavy atom. The summed E-state index contributed by atoms with van der Waals surface area (Å²) in [5.74, 6) is -1.08. The number of Topliss-reactive ketones (excluding diaryl/α,β-unsaturated/α-hetero) is 1. The smallest absolute Gasteiger partial charge is 0.319 e. The molecule has 2 atom stereocenters. The molecule has 1 aliphatic rings. The molecule has 0 aliphatic heterocycles. The molecule has 0 N–H and O–H groups in total. The summed E-state index contributed by atoms with van der Waals surface area (Å²) in [6.45, 7) is 4.18. The molecular formula is C20H26O5. The van der Waals surface area contributed by atoms with Gasteiger partial charge in [0.15, 0.2) is 5.78 Å². The molecular weight excluding hydrogens is 320 g/mol. The molecule has 1 fully saturated rings. The van der Waals surface area contributed by atoms with Crippen molar-refractivity contribution >= 4 is 17.7 Å². The van der Waals surface area contributed by atoms with Gasteiger partial charge in [-0.3, -0.25) is 14.4 Å². The molecule has 0 heterocycles. The molecule has 0 amide bonds. The van der Waals surface area contributed by atoms with E-state index in [1.54, 1.807) is 0 Å². The lowest BCUT2D eigenvalue weighted by Crippen LogP contribution is -2.38. The molecule has 0 aromatic heterocycles. The fourth-order valence-electron chi connectivity index (χ4n) is 3.34. The normalized spacial score (nSPS) is 21.0. The van der Waals surface area contributed by atoms with Gasteiger partial charge >= 0.3 is 11.9 Å². The summed E-state index contributed by atoms with van der Waals surface area (Å²) in [6.07, 6.45) is 2.80. The number of rotatable bonds is 7. The van der Waals surface area contributed by atoms with Crippen LogP contribution in [0.5, 0.6) is 0 Å². The summed E-state index contributed by atoms with van der Waals surface area (Å²) in [4.78, 5) is 36.5. The zero-order chi connectivity index (χ0) is 18.4. The Morgan fingerprint density at radius 2 is 1.92 bits per heavy atom. The van der Waals surface area contributed by atoms with Gasteiger partial charge in [0.1, 0.15) is 5.41 Å². The second-order valence-electron chi connectivity index (χ2n) is 6.66. The number of benzene rings is 1. The number of ketones is 1. The van der Waals surface area contributed by atoms with E-state index in [0.29, 0.717) is 32.3 Å². The highest BCUT2D eigenvalue weighted by Crippen LogP contribution is 2.39. The van der Waals surface area contributed by atoms with Crippen LogP contribution in [-0.4, -0.2) is 31.4 Å². The second kappa shape index (κ2) is 8.28. The van der Waals surface area contributed by atoms with Gasteiger partial charge in [-0.05, 0) is 43.7 Å². The number of carbonyl (C=O) groups is 3. The van der Waals surface area contributed by atoms with Gasteiger partial charge < -0.3 is 9.47 Å². The lowest BCUT2D eigenvalue weighted by atomic mass is 9.79. The first-order valence-electron chi connectivity index (χ1n) is 8.81. The van der Waals surface area contributed by atoms with Crippen LogP contribution in [-0.2, 0) is 30.3 Å². The van der Waals surface area contributed by atoms with E-state index in [1.165, 1.54) is 7.11 Å². The van der Waals surface area contributed by atoms with E-state index in [0.717, 1.165) is 17.5 Å². The van der Waals surface area contributed by atoms with Crippen molar-refractivity contribution < 1.29 is 23.9 Å². The number of hydrogen-bond donors (Lipinski definition) is 0. The van der Waals surface area contributed by atoms with Crippen molar-refractivity contribution in [2.45, 2.75) is 51.9 Å². The van der Waals surface area contributed by atoms with E-state index < -0.39 is 11.4 Å². The maximum atomic E-state index is 12.3. The van der Waals surface area contributed by atoms with Gasteiger partial charge in [0, 0.05) is 6.42 Å². The van der Waals surface area contributed by atoms with E-state index in [1.807, 2.05) is 38.1 Å². The molecule has 1 aliphatic carbocycles. The van der Waals surface area contributed by atoms with Crippen molar-refractivity contribution in [2.75, 3.05) is 13.7 Å². The van der Waals surface area contributed by atoms with Gasteiger partial charge in [0.05, 0.1) is 19.6 Å². The average molecular weight is 346 g/mol. The first-order valence-corrected chi connectivity index (χ1v) is 8.81. The van der Waals surface area contributed by atoms with Gasteiger partial charge in [-0.2, -0.15) is 0 Å². The van der Waals surface area contributed by atoms with Crippen LogP contribution in [0.15, 0.2) is 24.3 Å². The lowest BCUT2D eigenvalue weighted by Gasteiger charge is -2.24. The Balaban J connectivity index is 2.12. The van der Waals surface area contributed by atoms with E-state index in [-0.39, 0.29) is 17.7 Å². The number of esters is 2. The van der Waals surface area contributed by atoms with Crippen molar-refractivity contribution in [3.8, 4) is 0 Å². The minimum Gasteiger partial charge on any atom is -0.468 e. The maximum absolute atomic E-state index is 12.3. The molecule has 5 nitrogen and oxygen atoms in total. The molecule has 1 saturated carbocycles. The van der Waals surface area contributed by atoms with Crippen LogP contribution < -0.4 is 0 Å². The molecule has 2 rings (SSSR count). The summed E-state index contributed by atoms with van der Waals surface area (Å²) in [5, 5.41) is 0. The lowest BCUT2D eigenvalue weighted by molar-refractivity contribution is -0.156. The standard InChI is InChI=1S/C20H26O5/c1-4-12-25-18(22)14(2)16-9-7-15(8-10-16)13-20(19(23)24-3)11-5-6-17(20)21/h7-10,14H,4-6,11-13H2,1-3H3. The summed E-state index contributed by atoms with van der Waals surface area (Å²) in [5.41, 5.74) is 0.690.